The number of benzene rings is 1. The van der Waals surface area contributed by atoms with E-state index in [4.69, 9.17) is 9.84 Å². The maximum absolute atomic E-state index is 11.7. The van der Waals surface area contributed by atoms with Crippen molar-refractivity contribution in [3.8, 4) is 5.75 Å². The average Bonchev–Trinajstić information content (AvgIpc) is 2.40. The molecule has 0 aromatic heterocycles. The highest BCUT2D eigenvalue weighted by atomic mass is 16.5. The van der Waals surface area contributed by atoms with Crippen molar-refractivity contribution in [1.82, 2.24) is 5.32 Å². The lowest BCUT2D eigenvalue weighted by molar-refractivity contribution is -0.122. The Labute approximate surface area is 121 Å². The molecule has 1 atom stereocenters. The van der Waals surface area contributed by atoms with Crippen molar-refractivity contribution >= 4 is 5.91 Å². The van der Waals surface area contributed by atoms with Crippen molar-refractivity contribution in [2.75, 3.05) is 13.2 Å². The molecular formula is C16H25NO3. The predicted molar refractivity (Wildman–Crippen MR) is 80.0 cm³/mol. The number of hydrogen-bond acceptors (Lipinski definition) is 3. The van der Waals surface area contributed by atoms with Gasteiger partial charge in [-0.3, -0.25) is 4.79 Å². The number of aliphatic hydroxyl groups excluding tert-OH is 1. The molecule has 1 rings (SSSR count). The van der Waals surface area contributed by atoms with Crippen LogP contribution in [0.1, 0.15) is 37.3 Å². The molecule has 0 heterocycles. The topological polar surface area (TPSA) is 58.6 Å². The van der Waals surface area contributed by atoms with E-state index >= 15 is 0 Å². The summed E-state index contributed by atoms with van der Waals surface area (Å²) in [6.45, 7) is 6.49. The van der Waals surface area contributed by atoms with Gasteiger partial charge in [-0.25, -0.2) is 0 Å². The Kier molecular flexibility index (Phi) is 7.09. The molecule has 0 aliphatic heterocycles. The normalized spacial score (nSPS) is 12.0. The van der Waals surface area contributed by atoms with Crippen LogP contribution in [-0.4, -0.2) is 30.3 Å². The van der Waals surface area contributed by atoms with Crippen molar-refractivity contribution in [1.29, 1.82) is 0 Å². The Morgan fingerprint density at radius 3 is 2.75 bits per heavy atom. The van der Waals surface area contributed by atoms with Gasteiger partial charge in [-0.15, -0.1) is 0 Å². The molecule has 1 amide bonds. The fourth-order valence-corrected chi connectivity index (χ4v) is 2.05. The van der Waals surface area contributed by atoms with Gasteiger partial charge in [0.05, 0.1) is 13.0 Å². The average molecular weight is 279 g/mol. The molecule has 1 aromatic rings. The van der Waals surface area contributed by atoms with Crippen LogP contribution < -0.4 is 10.1 Å². The van der Waals surface area contributed by atoms with Gasteiger partial charge in [-0.2, -0.15) is 0 Å². The minimum absolute atomic E-state index is 0.0323. The SMILES string of the molecule is CCC(CCO)NC(=O)CCOc1ccc(C)cc1C. The second-order valence-corrected chi connectivity index (χ2v) is 5.05. The first-order valence-corrected chi connectivity index (χ1v) is 7.17. The molecule has 1 unspecified atom stereocenters. The Morgan fingerprint density at radius 2 is 2.15 bits per heavy atom. The molecule has 0 saturated carbocycles. The van der Waals surface area contributed by atoms with Crippen LogP contribution in [0, 0.1) is 13.8 Å². The van der Waals surface area contributed by atoms with Gasteiger partial charge in [-0.1, -0.05) is 24.6 Å². The summed E-state index contributed by atoms with van der Waals surface area (Å²) in [6.07, 6.45) is 1.75. The molecule has 0 fully saturated rings. The van der Waals surface area contributed by atoms with Gasteiger partial charge in [-0.05, 0) is 38.3 Å². The lowest BCUT2D eigenvalue weighted by Crippen LogP contribution is -2.35. The number of nitrogens with one attached hydrogen (secondary N) is 1. The zero-order chi connectivity index (χ0) is 15.0. The highest BCUT2D eigenvalue weighted by molar-refractivity contribution is 5.76. The highest BCUT2D eigenvalue weighted by Gasteiger charge is 2.10. The van der Waals surface area contributed by atoms with Crippen LogP contribution in [0.5, 0.6) is 5.75 Å². The van der Waals surface area contributed by atoms with Crippen LogP contribution >= 0.6 is 0 Å². The smallest absolute Gasteiger partial charge is 0.223 e. The van der Waals surface area contributed by atoms with E-state index in [0.29, 0.717) is 19.4 Å². The molecule has 0 aliphatic rings. The van der Waals surface area contributed by atoms with Gasteiger partial charge < -0.3 is 15.2 Å². The van der Waals surface area contributed by atoms with Crippen molar-refractivity contribution in [2.45, 2.75) is 46.1 Å². The molecule has 112 valence electrons. The van der Waals surface area contributed by atoms with Crippen molar-refractivity contribution in [2.24, 2.45) is 0 Å². The molecule has 2 N–H and O–H groups in total. The molecule has 0 aliphatic carbocycles. The van der Waals surface area contributed by atoms with E-state index in [9.17, 15) is 4.79 Å². The molecule has 0 spiro atoms. The molecule has 0 bridgehead atoms. The maximum Gasteiger partial charge on any atom is 0.223 e. The van der Waals surface area contributed by atoms with Crippen molar-refractivity contribution in [3.05, 3.63) is 29.3 Å². The van der Waals surface area contributed by atoms with E-state index in [-0.39, 0.29) is 18.6 Å². The summed E-state index contributed by atoms with van der Waals surface area (Å²) in [5.74, 6) is 0.792. The molecule has 0 radical (unpaired) electrons. The Bertz CT molecular complexity index is 432. The summed E-state index contributed by atoms with van der Waals surface area (Å²) >= 11 is 0. The number of carbonyl (C=O) groups excluding carboxylic acids is 1. The first-order chi connectivity index (χ1) is 9.56. The fraction of sp³-hybridized carbons (Fsp3) is 0.562. The number of amides is 1. The minimum Gasteiger partial charge on any atom is -0.493 e. The van der Waals surface area contributed by atoms with Crippen LogP contribution in [0.15, 0.2) is 18.2 Å². The molecule has 1 aromatic carbocycles. The van der Waals surface area contributed by atoms with Crippen LogP contribution in [-0.2, 0) is 4.79 Å². The highest BCUT2D eigenvalue weighted by Crippen LogP contribution is 2.18. The van der Waals surface area contributed by atoms with Crippen molar-refractivity contribution in [3.63, 3.8) is 0 Å². The Balaban J connectivity index is 2.34. The van der Waals surface area contributed by atoms with Gasteiger partial charge in [0, 0.05) is 12.6 Å². The minimum atomic E-state index is -0.0323. The predicted octanol–water partition coefficient (Wildman–Crippen LogP) is 2.35. The van der Waals surface area contributed by atoms with E-state index in [1.807, 2.05) is 32.9 Å². The van der Waals surface area contributed by atoms with E-state index in [0.717, 1.165) is 17.7 Å². The monoisotopic (exact) mass is 279 g/mol. The van der Waals surface area contributed by atoms with Crippen LogP contribution in [0.25, 0.3) is 0 Å². The van der Waals surface area contributed by atoms with Crippen LogP contribution in [0.2, 0.25) is 0 Å². The van der Waals surface area contributed by atoms with Crippen LogP contribution in [0.3, 0.4) is 0 Å². The van der Waals surface area contributed by atoms with Gasteiger partial charge in [0.1, 0.15) is 5.75 Å². The Hall–Kier alpha value is -1.55. The summed E-state index contributed by atoms with van der Waals surface area (Å²) in [5.41, 5.74) is 2.28. The lowest BCUT2D eigenvalue weighted by Gasteiger charge is -2.16. The molecule has 0 saturated heterocycles. The number of aryl methyl sites for hydroxylation is 2. The fourth-order valence-electron chi connectivity index (χ4n) is 2.05. The van der Waals surface area contributed by atoms with Crippen molar-refractivity contribution < 1.29 is 14.6 Å². The first kappa shape index (κ1) is 16.5. The summed E-state index contributed by atoms with van der Waals surface area (Å²) < 4.78 is 5.63. The summed E-state index contributed by atoms with van der Waals surface area (Å²) in [5, 5.41) is 11.8. The molecular weight excluding hydrogens is 254 g/mol. The third-order valence-corrected chi connectivity index (χ3v) is 3.25. The Morgan fingerprint density at radius 1 is 1.40 bits per heavy atom. The van der Waals surface area contributed by atoms with E-state index in [1.165, 1.54) is 5.56 Å². The van der Waals surface area contributed by atoms with E-state index in [1.54, 1.807) is 0 Å². The van der Waals surface area contributed by atoms with E-state index < -0.39 is 0 Å². The van der Waals surface area contributed by atoms with Gasteiger partial charge in [0.25, 0.3) is 0 Å². The number of carbonyl (C=O) groups is 1. The second-order valence-electron chi connectivity index (χ2n) is 5.05. The van der Waals surface area contributed by atoms with Crippen LogP contribution in [0.4, 0.5) is 0 Å². The lowest BCUT2D eigenvalue weighted by atomic mass is 10.1. The molecule has 20 heavy (non-hydrogen) atoms. The van der Waals surface area contributed by atoms with Gasteiger partial charge >= 0.3 is 0 Å². The summed E-state index contributed by atoms with van der Waals surface area (Å²) in [7, 11) is 0. The van der Waals surface area contributed by atoms with E-state index in [2.05, 4.69) is 11.4 Å². The number of aliphatic hydroxyl groups is 1. The zero-order valence-corrected chi connectivity index (χ0v) is 12.6. The van der Waals surface area contributed by atoms with Gasteiger partial charge in [0.15, 0.2) is 0 Å². The number of ether oxygens (including phenoxy) is 1. The third-order valence-electron chi connectivity index (χ3n) is 3.25. The zero-order valence-electron chi connectivity index (χ0n) is 12.6. The quantitative estimate of drug-likeness (QED) is 0.768. The summed E-state index contributed by atoms with van der Waals surface area (Å²) in [4.78, 5) is 11.7. The largest absolute Gasteiger partial charge is 0.493 e. The first-order valence-electron chi connectivity index (χ1n) is 7.17. The number of hydrogen-bond donors (Lipinski definition) is 2. The third kappa shape index (κ3) is 5.61. The second kappa shape index (κ2) is 8.59. The number of rotatable bonds is 8. The standard InChI is InChI=1S/C16H25NO3/c1-4-14(7-9-18)17-16(19)8-10-20-15-6-5-12(2)11-13(15)3/h5-6,11,14,18H,4,7-10H2,1-3H3,(H,17,19). The molecule has 4 heteroatoms. The molecule has 4 nitrogen and oxygen atoms in total. The summed E-state index contributed by atoms with van der Waals surface area (Å²) in [6, 6.07) is 6.04. The van der Waals surface area contributed by atoms with Gasteiger partial charge in [0.2, 0.25) is 5.91 Å². The maximum atomic E-state index is 11.7.